The number of carbonyl (C=O) groups is 1. The van der Waals surface area contributed by atoms with Gasteiger partial charge in [-0.3, -0.25) is 9.89 Å². The first-order valence-corrected chi connectivity index (χ1v) is 8.43. The summed E-state index contributed by atoms with van der Waals surface area (Å²) in [5.41, 5.74) is 8.52. The Hall–Kier alpha value is -1.83. The highest BCUT2D eigenvalue weighted by molar-refractivity contribution is 7.99. The summed E-state index contributed by atoms with van der Waals surface area (Å²) in [4.78, 5) is 15.1. The fourth-order valence-corrected chi connectivity index (χ4v) is 3.08. The monoisotopic (exact) mass is 333 g/mol. The molecule has 1 aromatic heterocycles. The van der Waals surface area contributed by atoms with Crippen LogP contribution in [-0.4, -0.2) is 53.4 Å². The molecule has 1 unspecified atom stereocenters. The number of nitrogens with one attached hydrogen (secondary N) is 2. The number of aromatic amines is 1. The minimum atomic E-state index is -0.539. The predicted octanol–water partition coefficient (Wildman–Crippen LogP) is 2.02. The van der Waals surface area contributed by atoms with E-state index in [9.17, 15) is 4.79 Å². The van der Waals surface area contributed by atoms with Gasteiger partial charge in [0, 0.05) is 29.0 Å². The van der Waals surface area contributed by atoms with E-state index >= 15 is 0 Å². The van der Waals surface area contributed by atoms with Crippen molar-refractivity contribution in [2.45, 2.75) is 17.9 Å². The summed E-state index contributed by atoms with van der Waals surface area (Å²) < 4.78 is 0. The van der Waals surface area contributed by atoms with Crippen LogP contribution in [0.1, 0.15) is 6.92 Å². The van der Waals surface area contributed by atoms with Gasteiger partial charge in [-0.2, -0.15) is 5.10 Å². The lowest BCUT2D eigenvalue weighted by Crippen LogP contribution is -2.32. The zero-order valence-corrected chi connectivity index (χ0v) is 14.5. The summed E-state index contributed by atoms with van der Waals surface area (Å²) in [6.07, 6.45) is 3.63. The highest BCUT2D eigenvalue weighted by Crippen LogP contribution is 2.32. The van der Waals surface area contributed by atoms with Gasteiger partial charge >= 0.3 is 0 Å². The number of aromatic nitrogens is 2. The van der Waals surface area contributed by atoms with Crippen LogP contribution in [0.15, 0.2) is 35.5 Å². The third kappa shape index (κ3) is 5.09. The second-order valence-corrected chi connectivity index (χ2v) is 6.76. The van der Waals surface area contributed by atoms with Crippen molar-refractivity contribution >= 4 is 23.4 Å². The first-order valence-electron chi connectivity index (χ1n) is 7.44. The molecule has 1 heterocycles. The van der Waals surface area contributed by atoms with E-state index in [1.54, 1.807) is 24.9 Å². The lowest BCUT2D eigenvalue weighted by atomic mass is 10.1. The van der Waals surface area contributed by atoms with Gasteiger partial charge in [-0.25, -0.2) is 0 Å². The number of nitrogens with two attached hydrogens (primary N) is 1. The lowest BCUT2D eigenvalue weighted by Gasteiger charge is -2.15. The van der Waals surface area contributed by atoms with E-state index in [2.05, 4.69) is 26.5 Å². The van der Waals surface area contributed by atoms with Crippen LogP contribution in [0, 0.1) is 0 Å². The Morgan fingerprint density at radius 3 is 2.83 bits per heavy atom. The molecule has 124 valence electrons. The van der Waals surface area contributed by atoms with Crippen molar-refractivity contribution in [1.82, 2.24) is 15.1 Å². The summed E-state index contributed by atoms with van der Waals surface area (Å²) in [6, 6.07) is 5.42. The smallest absolute Gasteiger partial charge is 0.241 e. The fraction of sp³-hybridized carbons (Fsp3) is 0.375. The number of thioether (sulfide) groups is 1. The molecule has 23 heavy (non-hydrogen) atoms. The second-order valence-electron chi connectivity index (χ2n) is 5.63. The molecular weight excluding hydrogens is 310 g/mol. The van der Waals surface area contributed by atoms with Crippen LogP contribution in [0.2, 0.25) is 0 Å². The molecule has 0 spiro atoms. The Morgan fingerprint density at radius 2 is 2.22 bits per heavy atom. The Kier molecular flexibility index (Phi) is 6.20. The van der Waals surface area contributed by atoms with Crippen molar-refractivity contribution in [2.75, 3.05) is 31.7 Å². The number of benzene rings is 1. The summed E-state index contributed by atoms with van der Waals surface area (Å²) in [5.74, 6) is 0.749. The average molecular weight is 333 g/mol. The summed E-state index contributed by atoms with van der Waals surface area (Å²) >= 11 is 1.71. The molecule has 0 aliphatic heterocycles. The standard InChI is InChI=1S/C16H23N5OS/c1-11(17)16(22)20-14-5-4-12(13-9-18-19-10-13)8-15(14)23-7-6-21(2)3/h4-5,8-11H,6-7,17H2,1-3H3,(H,18,19)(H,20,22). The molecule has 6 nitrogen and oxygen atoms in total. The predicted molar refractivity (Wildman–Crippen MR) is 95.6 cm³/mol. The number of anilines is 1. The minimum absolute atomic E-state index is 0.185. The Morgan fingerprint density at radius 1 is 1.43 bits per heavy atom. The molecule has 0 aliphatic rings. The topological polar surface area (TPSA) is 87.0 Å². The third-order valence-corrected chi connectivity index (χ3v) is 4.32. The molecular formula is C16H23N5OS. The van der Waals surface area contributed by atoms with Gasteiger partial charge in [0.1, 0.15) is 0 Å². The van der Waals surface area contributed by atoms with E-state index in [0.717, 1.165) is 34.0 Å². The number of hydrogen-bond acceptors (Lipinski definition) is 5. The maximum atomic E-state index is 11.9. The third-order valence-electron chi connectivity index (χ3n) is 3.28. The molecule has 7 heteroatoms. The molecule has 4 N–H and O–H groups in total. The highest BCUT2D eigenvalue weighted by atomic mass is 32.2. The molecule has 1 atom stereocenters. The largest absolute Gasteiger partial charge is 0.324 e. The van der Waals surface area contributed by atoms with E-state index in [-0.39, 0.29) is 5.91 Å². The Balaban J connectivity index is 2.23. The van der Waals surface area contributed by atoms with Gasteiger partial charge in [-0.1, -0.05) is 6.07 Å². The van der Waals surface area contributed by atoms with Gasteiger partial charge in [0.2, 0.25) is 5.91 Å². The summed E-state index contributed by atoms with van der Waals surface area (Å²) in [6.45, 7) is 2.63. The summed E-state index contributed by atoms with van der Waals surface area (Å²) in [5, 5.41) is 9.70. The zero-order valence-electron chi connectivity index (χ0n) is 13.7. The van der Waals surface area contributed by atoms with Crippen molar-refractivity contribution < 1.29 is 4.79 Å². The van der Waals surface area contributed by atoms with Crippen LogP contribution in [0.5, 0.6) is 0 Å². The lowest BCUT2D eigenvalue weighted by molar-refractivity contribution is -0.117. The van der Waals surface area contributed by atoms with E-state index in [0.29, 0.717) is 0 Å². The SMILES string of the molecule is CC(N)C(=O)Nc1ccc(-c2cn[nH]c2)cc1SCCN(C)C. The average Bonchev–Trinajstić information content (AvgIpc) is 3.02. The van der Waals surface area contributed by atoms with Gasteiger partial charge in [-0.15, -0.1) is 11.8 Å². The maximum Gasteiger partial charge on any atom is 0.241 e. The van der Waals surface area contributed by atoms with Gasteiger partial charge in [0.25, 0.3) is 0 Å². The van der Waals surface area contributed by atoms with Gasteiger partial charge in [0.15, 0.2) is 0 Å². The molecule has 0 fully saturated rings. The maximum absolute atomic E-state index is 11.9. The number of rotatable bonds is 7. The van der Waals surface area contributed by atoms with Crippen LogP contribution in [0.4, 0.5) is 5.69 Å². The Labute approximate surface area is 140 Å². The van der Waals surface area contributed by atoms with Crippen molar-refractivity contribution in [1.29, 1.82) is 0 Å². The minimum Gasteiger partial charge on any atom is -0.324 e. The van der Waals surface area contributed by atoms with E-state index in [1.807, 2.05) is 32.4 Å². The first kappa shape index (κ1) is 17.5. The van der Waals surface area contributed by atoms with Gasteiger partial charge < -0.3 is 16.0 Å². The van der Waals surface area contributed by atoms with Gasteiger partial charge in [-0.05, 0) is 38.7 Å². The van der Waals surface area contributed by atoms with E-state index in [4.69, 9.17) is 5.73 Å². The van der Waals surface area contributed by atoms with Crippen molar-refractivity contribution in [2.24, 2.45) is 5.73 Å². The molecule has 1 amide bonds. The molecule has 0 radical (unpaired) electrons. The van der Waals surface area contributed by atoms with Gasteiger partial charge in [0.05, 0.1) is 17.9 Å². The molecule has 2 aromatic rings. The molecule has 0 saturated carbocycles. The first-order chi connectivity index (χ1) is 11.0. The highest BCUT2D eigenvalue weighted by Gasteiger charge is 2.12. The summed E-state index contributed by atoms with van der Waals surface area (Å²) in [7, 11) is 4.09. The van der Waals surface area contributed by atoms with E-state index in [1.165, 1.54) is 0 Å². The van der Waals surface area contributed by atoms with Crippen LogP contribution in [0.3, 0.4) is 0 Å². The second kappa shape index (κ2) is 8.14. The zero-order chi connectivity index (χ0) is 16.8. The van der Waals surface area contributed by atoms with Crippen molar-refractivity contribution in [3.63, 3.8) is 0 Å². The molecule has 1 aromatic carbocycles. The van der Waals surface area contributed by atoms with E-state index < -0.39 is 6.04 Å². The number of nitrogens with zero attached hydrogens (tertiary/aromatic N) is 2. The number of H-pyrrole nitrogens is 1. The Bertz CT molecular complexity index is 640. The van der Waals surface area contributed by atoms with Crippen molar-refractivity contribution in [3.05, 3.63) is 30.6 Å². The molecule has 0 saturated heterocycles. The van der Waals surface area contributed by atoms with Crippen LogP contribution in [-0.2, 0) is 4.79 Å². The molecule has 2 rings (SSSR count). The fourth-order valence-electron chi connectivity index (χ4n) is 1.92. The normalized spacial score (nSPS) is 12.4. The number of carbonyl (C=O) groups excluding carboxylic acids is 1. The van der Waals surface area contributed by atoms with Crippen molar-refractivity contribution in [3.8, 4) is 11.1 Å². The quantitative estimate of drug-likeness (QED) is 0.675. The van der Waals surface area contributed by atoms with Crippen LogP contribution < -0.4 is 11.1 Å². The number of hydrogen-bond donors (Lipinski definition) is 3. The van der Waals surface area contributed by atoms with Crippen LogP contribution in [0.25, 0.3) is 11.1 Å². The molecule has 0 bridgehead atoms. The number of amides is 1. The molecule has 0 aliphatic carbocycles. The van der Waals surface area contributed by atoms with Crippen LogP contribution >= 0.6 is 11.8 Å².